The second kappa shape index (κ2) is 9.33. The molecule has 35 heavy (non-hydrogen) atoms. The Morgan fingerprint density at radius 1 is 1.06 bits per heavy atom. The van der Waals surface area contributed by atoms with Crippen molar-refractivity contribution in [2.24, 2.45) is 5.41 Å². The van der Waals surface area contributed by atoms with E-state index in [1.807, 2.05) is 4.90 Å². The van der Waals surface area contributed by atoms with Gasteiger partial charge in [-0.25, -0.2) is 0 Å². The number of halogens is 1. The summed E-state index contributed by atoms with van der Waals surface area (Å²) in [5.74, 6) is 0.958. The summed E-state index contributed by atoms with van der Waals surface area (Å²) < 4.78 is 5.84. The predicted molar refractivity (Wildman–Crippen MR) is 142 cm³/mol. The summed E-state index contributed by atoms with van der Waals surface area (Å²) in [7, 11) is 0. The second-order valence-electron chi connectivity index (χ2n) is 11.2. The number of rotatable bonds is 5. The topological polar surface area (TPSA) is 58.8 Å². The summed E-state index contributed by atoms with van der Waals surface area (Å²) >= 11 is 6.13. The van der Waals surface area contributed by atoms with Crippen LogP contribution >= 0.6 is 11.6 Å². The van der Waals surface area contributed by atoms with Crippen molar-refractivity contribution in [3.63, 3.8) is 0 Å². The zero-order valence-electron chi connectivity index (χ0n) is 21.2. The van der Waals surface area contributed by atoms with Crippen LogP contribution in [0.4, 0.5) is 5.69 Å². The molecule has 0 radical (unpaired) electrons. The quantitative estimate of drug-likeness (QED) is 0.536. The normalized spacial score (nSPS) is 24.7. The van der Waals surface area contributed by atoms with Crippen LogP contribution in [0.2, 0.25) is 5.02 Å². The van der Waals surface area contributed by atoms with Gasteiger partial charge in [0.15, 0.2) is 0 Å². The summed E-state index contributed by atoms with van der Waals surface area (Å²) in [5.41, 5.74) is 9.14. The van der Waals surface area contributed by atoms with E-state index in [1.54, 1.807) is 18.2 Å². The number of piperidine rings is 2. The van der Waals surface area contributed by atoms with Gasteiger partial charge in [0.25, 0.3) is 5.91 Å². The second-order valence-corrected chi connectivity index (χ2v) is 11.6. The lowest BCUT2D eigenvalue weighted by Gasteiger charge is -2.43. The van der Waals surface area contributed by atoms with Crippen LogP contribution in [-0.2, 0) is 5.41 Å². The molecule has 3 aliphatic rings. The smallest absolute Gasteiger partial charge is 0.255 e. The molecule has 1 amide bonds. The van der Waals surface area contributed by atoms with Crippen LogP contribution in [0.15, 0.2) is 42.5 Å². The summed E-state index contributed by atoms with van der Waals surface area (Å²) in [6, 6.07) is 14.7. The number of nitrogens with zero attached hydrogens (tertiary/aromatic N) is 2. The number of ether oxygens (including phenoxy) is 1. The van der Waals surface area contributed by atoms with Crippen LogP contribution < -0.4 is 10.5 Å². The number of carbonyl (C=O) groups excluding carboxylic acids is 1. The van der Waals surface area contributed by atoms with Crippen LogP contribution in [0.5, 0.6) is 5.75 Å². The SMILES string of the molecule is CC(C)Oc1ccc([C@@]2(C)CC23CCN(C2CCN(C(=O)c4cccc(Cl)c4N)CC2)CC3)cc1. The summed E-state index contributed by atoms with van der Waals surface area (Å²) in [5, 5.41) is 0.444. The van der Waals surface area contributed by atoms with E-state index in [0.717, 1.165) is 44.8 Å². The molecule has 5 rings (SSSR count). The molecular formula is C29H38ClN3O2. The Hall–Kier alpha value is -2.24. The van der Waals surface area contributed by atoms with E-state index in [9.17, 15) is 4.79 Å². The number of hydrogen-bond donors (Lipinski definition) is 1. The van der Waals surface area contributed by atoms with E-state index in [2.05, 4.69) is 49.9 Å². The Balaban J connectivity index is 1.14. The van der Waals surface area contributed by atoms with Gasteiger partial charge < -0.3 is 20.3 Å². The van der Waals surface area contributed by atoms with Crippen molar-refractivity contribution in [3.8, 4) is 5.75 Å². The minimum absolute atomic E-state index is 0.000364. The maximum Gasteiger partial charge on any atom is 0.255 e. The van der Waals surface area contributed by atoms with Gasteiger partial charge in [-0.1, -0.05) is 36.7 Å². The molecule has 2 N–H and O–H groups in total. The van der Waals surface area contributed by atoms with Crippen molar-refractivity contribution in [1.29, 1.82) is 0 Å². The van der Waals surface area contributed by atoms with Crippen LogP contribution in [0.1, 0.15) is 68.8 Å². The molecular weight excluding hydrogens is 458 g/mol. The van der Waals surface area contributed by atoms with Gasteiger partial charge in [0.2, 0.25) is 0 Å². The number of hydrogen-bond acceptors (Lipinski definition) is 4. The number of amides is 1. The molecule has 5 nitrogen and oxygen atoms in total. The standard InChI is InChI=1S/C29H38ClN3O2/c1-20(2)35-23-9-7-21(8-10-23)28(3)19-29(28)13-17-32(18-14-29)22-11-15-33(16-12-22)27(34)24-5-4-6-25(30)26(24)31/h4-10,20,22H,11-19,31H2,1-3H3/t28-/m1/s1. The Bertz CT molecular complexity index is 1070. The molecule has 2 heterocycles. The van der Waals surface area contributed by atoms with Crippen molar-refractivity contribution in [3.05, 3.63) is 58.6 Å². The number of nitrogens with two attached hydrogens (primary N) is 1. The first-order chi connectivity index (χ1) is 16.7. The highest BCUT2D eigenvalue weighted by atomic mass is 35.5. The molecule has 2 aromatic carbocycles. The summed E-state index contributed by atoms with van der Waals surface area (Å²) in [4.78, 5) is 17.6. The van der Waals surface area contributed by atoms with Crippen LogP contribution in [0.25, 0.3) is 0 Å². The molecule has 3 fully saturated rings. The lowest BCUT2D eigenvalue weighted by Crippen LogP contribution is -2.49. The zero-order valence-corrected chi connectivity index (χ0v) is 22.0. The summed E-state index contributed by atoms with van der Waals surface area (Å²) in [6.07, 6.45) is 6.04. The van der Waals surface area contributed by atoms with E-state index in [-0.39, 0.29) is 17.4 Å². The molecule has 2 aromatic rings. The molecule has 188 valence electrons. The molecule has 0 bridgehead atoms. The molecule has 1 atom stereocenters. The van der Waals surface area contributed by atoms with Gasteiger partial charge in [-0.15, -0.1) is 0 Å². The number of benzene rings is 2. The average molecular weight is 496 g/mol. The van der Waals surface area contributed by atoms with Crippen molar-refractivity contribution < 1.29 is 9.53 Å². The largest absolute Gasteiger partial charge is 0.491 e. The number of para-hydroxylation sites is 1. The highest BCUT2D eigenvalue weighted by Crippen LogP contribution is 2.69. The van der Waals surface area contributed by atoms with Gasteiger partial charge >= 0.3 is 0 Å². The highest BCUT2D eigenvalue weighted by Gasteiger charge is 2.64. The van der Waals surface area contributed by atoms with Crippen LogP contribution in [0, 0.1) is 5.41 Å². The van der Waals surface area contributed by atoms with E-state index in [4.69, 9.17) is 22.1 Å². The minimum Gasteiger partial charge on any atom is -0.491 e. The van der Waals surface area contributed by atoms with Crippen LogP contribution in [-0.4, -0.2) is 54.0 Å². The number of carbonyl (C=O) groups is 1. The maximum absolute atomic E-state index is 13.0. The highest BCUT2D eigenvalue weighted by molar-refractivity contribution is 6.33. The fraction of sp³-hybridized carbons (Fsp3) is 0.552. The van der Waals surface area contributed by atoms with Crippen molar-refractivity contribution >= 4 is 23.2 Å². The van der Waals surface area contributed by atoms with E-state index in [1.165, 1.54) is 24.8 Å². The molecule has 2 saturated heterocycles. The maximum atomic E-state index is 13.0. The summed E-state index contributed by atoms with van der Waals surface area (Å²) in [6.45, 7) is 10.4. The molecule has 6 heteroatoms. The van der Waals surface area contributed by atoms with Crippen molar-refractivity contribution in [2.75, 3.05) is 31.9 Å². The lowest BCUT2D eigenvalue weighted by atomic mass is 9.80. The molecule has 0 unspecified atom stereocenters. The minimum atomic E-state index is -0.000364. The van der Waals surface area contributed by atoms with Crippen LogP contribution in [0.3, 0.4) is 0 Å². The molecule has 0 aromatic heterocycles. The van der Waals surface area contributed by atoms with Gasteiger partial charge in [0.05, 0.1) is 22.4 Å². The predicted octanol–water partition coefficient (Wildman–Crippen LogP) is 5.76. The third kappa shape index (κ3) is 4.53. The van der Waals surface area contributed by atoms with Gasteiger partial charge in [0, 0.05) is 19.1 Å². The Kier molecular flexibility index (Phi) is 6.52. The van der Waals surface area contributed by atoms with E-state index >= 15 is 0 Å². The van der Waals surface area contributed by atoms with Gasteiger partial charge in [-0.05, 0) is 99.7 Å². The number of nitrogen functional groups attached to an aromatic ring is 1. The molecule has 1 saturated carbocycles. The number of likely N-dealkylation sites (tertiary alicyclic amines) is 2. The first kappa shape index (κ1) is 24.5. The first-order valence-electron chi connectivity index (χ1n) is 13.1. The van der Waals surface area contributed by atoms with Gasteiger partial charge in [0.1, 0.15) is 5.75 Å². The fourth-order valence-corrected chi connectivity index (χ4v) is 6.76. The van der Waals surface area contributed by atoms with Crippen molar-refractivity contribution in [1.82, 2.24) is 9.80 Å². The monoisotopic (exact) mass is 495 g/mol. The van der Waals surface area contributed by atoms with Gasteiger partial charge in [-0.2, -0.15) is 0 Å². The van der Waals surface area contributed by atoms with E-state index < -0.39 is 0 Å². The Morgan fingerprint density at radius 3 is 2.34 bits per heavy atom. The van der Waals surface area contributed by atoms with E-state index in [0.29, 0.717) is 27.7 Å². The molecule has 1 aliphatic carbocycles. The number of anilines is 1. The first-order valence-corrected chi connectivity index (χ1v) is 13.4. The Labute approximate surface area is 214 Å². The lowest BCUT2D eigenvalue weighted by molar-refractivity contribution is 0.0519. The zero-order chi connectivity index (χ0) is 24.8. The average Bonchev–Trinajstić information content (AvgIpc) is 3.44. The molecule has 2 aliphatic heterocycles. The molecule has 1 spiro atoms. The third-order valence-corrected chi connectivity index (χ3v) is 9.24. The van der Waals surface area contributed by atoms with Gasteiger partial charge in [-0.3, -0.25) is 4.79 Å². The third-order valence-electron chi connectivity index (χ3n) is 8.91. The van der Waals surface area contributed by atoms with Crippen molar-refractivity contribution in [2.45, 2.75) is 70.4 Å². The Morgan fingerprint density at radius 2 is 1.71 bits per heavy atom. The fourth-order valence-electron chi connectivity index (χ4n) is 6.59.